The Hall–Kier alpha value is -1.13. The van der Waals surface area contributed by atoms with Crippen molar-refractivity contribution in [2.45, 2.75) is 38.3 Å². The van der Waals surface area contributed by atoms with E-state index in [0.717, 1.165) is 6.54 Å². The van der Waals surface area contributed by atoms with Crippen molar-refractivity contribution in [2.24, 2.45) is 7.05 Å². The van der Waals surface area contributed by atoms with Gasteiger partial charge in [-0.2, -0.15) is 5.10 Å². The first-order chi connectivity index (χ1) is 9.65. The molecule has 1 aliphatic carbocycles. The van der Waals surface area contributed by atoms with Crippen molar-refractivity contribution in [3.05, 3.63) is 51.8 Å². The van der Waals surface area contributed by atoms with Gasteiger partial charge in [0.05, 0.1) is 6.20 Å². The first-order valence-corrected chi connectivity index (χ1v) is 7.89. The number of halogens is 1. The van der Waals surface area contributed by atoms with Gasteiger partial charge in [0.25, 0.3) is 0 Å². The third-order valence-corrected chi connectivity index (χ3v) is 5.12. The fraction of sp³-hybridized carbons (Fsp3) is 0.438. The van der Waals surface area contributed by atoms with Gasteiger partial charge in [0.1, 0.15) is 0 Å². The molecule has 3 rings (SSSR count). The Morgan fingerprint density at radius 3 is 2.75 bits per heavy atom. The van der Waals surface area contributed by atoms with E-state index in [0.29, 0.717) is 12.0 Å². The molecule has 0 saturated heterocycles. The summed E-state index contributed by atoms with van der Waals surface area (Å²) in [5.74, 6) is 0.693. The van der Waals surface area contributed by atoms with E-state index in [4.69, 9.17) is 0 Å². The monoisotopic (exact) mass is 333 g/mol. The Bertz CT molecular complexity index is 600. The lowest BCUT2D eigenvalue weighted by molar-refractivity contribution is 0.288. The molecule has 0 atom stereocenters. The molecule has 1 aliphatic rings. The molecule has 1 heterocycles. The molecule has 20 heavy (non-hydrogen) atoms. The summed E-state index contributed by atoms with van der Waals surface area (Å²) in [6, 6.07) is 9.20. The van der Waals surface area contributed by atoms with E-state index >= 15 is 0 Å². The minimum absolute atomic E-state index is 0.631. The van der Waals surface area contributed by atoms with Gasteiger partial charge in [-0.1, -0.05) is 34.1 Å². The van der Waals surface area contributed by atoms with Gasteiger partial charge in [-0.25, -0.2) is 0 Å². The van der Waals surface area contributed by atoms with Crippen molar-refractivity contribution in [2.75, 3.05) is 0 Å². The van der Waals surface area contributed by atoms with Gasteiger partial charge in [0.15, 0.2) is 0 Å². The molecule has 0 unspecified atom stereocenters. The molecule has 0 spiro atoms. The molecule has 1 aromatic carbocycles. The van der Waals surface area contributed by atoms with Gasteiger partial charge in [-0.05, 0) is 37.3 Å². The van der Waals surface area contributed by atoms with Crippen molar-refractivity contribution in [3.8, 4) is 0 Å². The van der Waals surface area contributed by atoms with Gasteiger partial charge >= 0.3 is 0 Å². The van der Waals surface area contributed by atoms with E-state index in [9.17, 15) is 0 Å². The Morgan fingerprint density at radius 1 is 1.35 bits per heavy atom. The largest absolute Gasteiger partial charge is 0.310 e. The van der Waals surface area contributed by atoms with E-state index in [1.54, 1.807) is 0 Å². The maximum Gasteiger partial charge on any atom is 0.0537 e. The fourth-order valence-electron chi connectivity index (χ4n) is 2.82. The highest BCUT2D eigenvalue weighted by Gasteiger charge is 2.30. The summed E-state index contributed by atoms with van der Waals surface area (Å²) in [5.41, 5.74) is 4.00. The number of nitrogens with zero attached hydrogens (tertiary/aromatic N) is 2. The second-order valence-corrected chi connectivity index (χ2v) is 6.50. The van der Waals surface area contributed by atoms with Crippen LogP contribution in [0, 0.1) is 6.92 Å². The Labute approximate surface area is 128 Å². The summed E-state index contributed by atoms with van der Waals surface area (Å²) in [7, 11) is 1.99. The predicted molar refractivity (Wildman–Crippen MR) is 84.7 cm³/mol. The zero-order valence-electron chi connectivity index (χ0n) is 11.9. The van der Waals surface area contributed by atoms with E-state index in [1.165, 1.54) is 34.1 Å². The van der Waals surface area contributed by atoms with Crippen molar-refractivity contribution in [1.82, 2.24) is 15.1 Å². The van der Waals surface area contributed by atoms with Crippen molar-refractivity contribution >= 4 is 15.9 Å². The zero-order chi connectivity index (χ0) is 14.1. The maximum absolute atomic E-state index is 4.28. The van der Waals surface area contributed by atoms with E-state index in [1.807, 2.05) is 17.9 Å². The van der Waals surface area contributed by atoms with E-state index < -0.39 is 0 Å². The summed E-state index contributed by atoms with van der Waals surface area (Å²) < 4.78 is 3.17. The normalized spacial score (nSPS) is 21.8. The molecule has 0 bridgehead atoms. The summed E-state index contributed by atoms with van der Waals surface area (Å²) in [4.78, 5) is 0. The minimum atomic E-state index is 0.631. The van der Waals surface area contributed by atoms with Crippen LogP contribution < -0.4 is 5.32 Å². The van der Waals surface area contributed by atoms with Gasteiger partial charge in [0.2, 0.25) is 0 Å². The number of nitrogens with one attached hydrogen (secondary N) is 1. The molecule has 2 aromatic rings. The summed E-state index contributed by atoms with van der Waals surface area (Å²) in [5, 5.41) is 7.92. The number of aromatic nitrogens is 2. The maximum atomic E-state index is 4.28. The van der Waals surface area contributed by atoms with Crippen LogP contribution in [-0.2, 0) is 13.6 Å². The quantitative estimate of drug-likeness (QED) is 0.927. The summed E-state index contributed by atoms with van der Waals surface area (Å²) in [6.07, 6.45) is 4.41. The molecule has 3 nitrogen and oxygen atoms in total. The van der Waals surface area contributed by atoms with Crippen LogP contribution in [0.4, 0.5) is 0 Å². The Kier molecular flexibility index (Phi) is 3.94. The molecule has 0 radical (unpaired) electrons. The molecule has 1 fully saturated rings. The molecule has 106 valence electrons. The van der Waals surface area contributed by atoms with Crippen molar-refractivity contribution in [1.29, 1.82) is 0 Å². The molecule has 0 amide bonds. The van der Waals surface area contributed by atoms with Crippen molar-refractivity contribution in [3.63, 3.8) is 0 Å². The van der Waals surface area contributed by atoms with Crippen LogP contribution in [0.25, 0.3) is 0 Å². The van der Waals surface area contributed by atoms with Crippen LogP contribution in [0.5, 0.6) is 0 Å². The number of aryl methyl sites for hydroxylation is 1. The van der Waals surface area contributed by atoms with Crippen LogP contribution in [-0.4, -0.2) is 15.8 Å². The van der Waals surface area contributed by atoms with E-state index in [-0.39, 0.29) is 0 Å². The fourth-order valence-corrected chi connectivity index (χ4v) is 3.43. The standard InChI is InChI=1S/C16H20BrN3/c1-11-13(10-19-20(11)2)9-18-14-7-12(8-14)15-5-3-4-6-16(15)17/h3-6,10,12,14,18H,7-9H2,1-2H3. The lowest BCUT2D eigenvalue weighted by atomic mass is 9.76. The van der Waals surface area contributed by atoms with Crippen LogP contribution in [0.1, 0.15) is 35.6 Å². The van der Waals surface area contributed by atoms with E-state index in [2.05, 4.69) is 57.5 Å². The molecule has 1 aromatic heterocycles. The highest BCUT2D eigenvalue weighted by molar-refractivity contribution is 9.10. The van der Waals surface area contributed by atoms with Gasteiger partial charge in [-0.3, -0.25) is 4.68 Å². The smallest absolute Gasteiger partial charge is 0.0537 e. The van der Waals surface area contributed by atoms with Crippen molar-refractivity contribution < 1.29 is 0 Å². The van der Waals surface area contributed by atoms with Gasteiger partial charge < -0.3 is 5.32 Å². The number of hydrogen-bond acceptors (Lipinski definition) is 2. The lowest BCUT2D eigenvalue weighted by Gasteiger charge is -2.37. The number of benzene rings is 1. The van der Waals surface area contributed by atoms with Crippen LogP contribution in [0.3, 0.4) is 0 Å². The zero-order valence-corrected chi connectivity index (χ0v) is 13.5. The highest BCUT2D eigenvalue weighted by atomic mass is 79.9. The van der Waals surface area contributed by atoms with Gasteiger partial charge in [-0.15, -0.1) is 0 Å². The first kappa shape index (κ1) is 13.8. The van der Waals surface area contributed by atoms with Crippen LogP contribution >= 0.6 is 15.9 Å². The number of hydrogen-bond donors (Lipinski definition) is 1. The average Bonchev–Trinajstić information content (AvgIpc) is 2.70. The summed E-state index contributed by atoms with van der Waals surface area (Å²) >= 11 is 3.65. The Morgan fingerprint density at radius 2 is 2.10 bits per heavy atom. The third-order valence-electron chi connectivity index (χ3n) is 4.40. The molecule has 1 saturated carbocycles. The molecular formula is C16H20BrN3. The molecule has 1 N–H and O–H groups in total. The number of rotatable bonds is 4. The second kappa shape index (κ2) is 5.70. The van der Waals surface area contributed by atoms with Crippen LogP contribution in [0.15, 0.2) is 34.9 Å². The van der Waals surface area contributed by atoms with Gasteiger partial charge in [0, 0.05) is 35.4 Å². The molecular weight excluding hydrogens is 314 g/mol. The first-order valence-electron chi connectivity index (χ1n) is 7.10. The lowest BCUT2D eigenvalue weighted by Crippen LogP contribution is -2.39. The SMILES string of the molecule is Cc1c(CNC2CC(c3ccccc3Br)C2)cnn1C. The minimum Gasteiger partial charge on any atom is -0.310 e. The molecule has 0 aliphatic heterocycles. The third kappa shape index (κ3) is 2.67. The second-order valence-electron chi connectivity index (χ2n) is 5.65. The average molecular weight is 334 g/mol. The summed E-state index contributed by atoms with van der Waals surface area (Å²) in [6.45, 7) is 3.04. The van der Waals surface area contributed by atoms with Crippen LogP contribution in [0.2, 0.25) is 0 Å². The molecule has 4 heteroatoms. The Balaban J connectivity index is 1.52. The highest BCUT2D eigenvalue weighted by Crippen LogP contribution is 2.40. The predicted octanol–water partition coefficient (Wildman–Crippen LogP) is 3.53. The topological polar surface area (TPSA) is 29.9 Å².